The fourth-order valence-corrected chi connectivity index (χ4v) is 1.03. The Hall–Kier alpha value is -1.27. The van der Waals surface area contributed by atoms with Crippen LogP contribution in [0.5, 0.6) is 0 Å². The maximum atomic E-state index is 8.59. The molecule has 56 valence electrons. The summed E-state index contributed by atoms with van der Waals surface area (Å²) in [6.45, 7) is 0. The quantitative estimate of drug-likeness (QED) is 0.692. The minimum absolute atomic E-state index is 0.458. The van der Waals surface area contributed by atoms with Crippen molar-refractivity contribution in [3.05, 3.63) is 23.0 Å². The van der Waals surface area contributed by atoms with E-state index in [1.54, 1.807) is 7.05 Å². The van der Waals surface area contributed by atoms with Gasteiger partial charge in [0.15, 0.2) is 0 Å². The van der Waals surface area contributed by atoms with Crippen molar-refractivity contribution >= 4 is 17.3 Å². The van der Waals surface area contributed by atoms with Gasteiger partial charge in [0.25, 0.3) is 0 Å². The Morgan fingerprint density at radius 1 is 1.64 bits per heavy atom. The first-order valence-corrected chi connectivity index (χ1v) is 3.38. The van der Waals surface area contributed by atoms with Crippen LogP contribution in [0, 0.1) is 11.3 Å². The third-order valence-electron chi connectivity index (χ3n) is 1.27. The molecule has 0 saturated heterocycles. The molecule has 1 aromatic rings. The second kappa shape index (κ2) is 3.22. The number of nitrogens with zero attached hydrogens (tertiary/aromatic N) is 2. The number of hydrogen-bond acceptors (Lipinski definition) is 3. The topological polar surface area (TPSA) is 48.7 Å². The highest BCUT2D eigenvalue weighted by Gasteiger charge is 2.03. The van der Waals surface area contributed by atoms with Gasteiger partial charge in [-0.2, -0.15) is 5.26 Å². The van der Waals surface area contributed by atoms with Crippen molar-refractivity contribution in [1.82, 2.24) is 4.98 Å². The molecule has 1 heterocycles. The molecule has 0 aliphatic rings. The summed E-state index contributed by atoms with van der Waals surface area (Å²) in [5.74, 6) is 0. The van der Waals surface area contributed by atoms with Crippen molar-refractivity contribution in [2.24, 2.45) is 0 Å². The number of nitrogens with one attached hydrogen (secondary N) is 1. The third kappa shape index (κ3) is 1.41. The van der Waals surface area contributed by atoms with E-state index in [-0.39, 0.29) is 0 Å². The summed E-state index contributed by atoms with van der Waals surface area (Å²) in [6, 6.07) is 1.98. The molecule has 0 aliphatic heterocycles. The Labute approximate surface area is 69.6 Å². The fourth-order valence-electron chi connectivity index (χ4n) is 0.774. The Bertz CT molecular complexity index is 303. The van der Waals surface area contributed by atoms with E-state index in [0.717, 1.165) is 0 Å². The highest BCUT2D eigenvalue weighted by Crippen LogP contribution is 2.22. The molecule has 0 atom stereocenters. The van der Waals surface area contributed by atoms with Gasteiger partial charge in [-0.1, -0.05) is 11.6 Å². The zero-order valence-electron chi connectivity index (χ0n) is 5.93. The Balaban J connectivity index is 3.27. The SMILES string of the molecule is CNc1c(Cl)cncc1C#N. The number of halogens is 1. The van der Waals surface area contributed by atoms with E-state index in [1.807, 2.05) is 6.07 Å². The number of aromatic nitrogens is 1. The van der Waals surface area contributed by atoms with Gasteiger partial charge in [-0.15, -0.1) is 0 Å². The van der Waals surface area contributed by atoms with Gasteiger partial charge in [0, 0.05) is 19.4 Å². The summed E-state index contributed by atoms with van der Waals surface area (Å²) < 4.78 is 0. The molecule has 0 fully saturated rings. The largest absolute Gasteiger partial charge is 0.386 e. The maximum Gasteiger partial charge on any atom is 0.103 e. The van der Waals surface area contributed by atoms with Gasteiger partial charge >= 0.3 is 0 Å². The molecule has 0 unspecified atom stereocenters. The first kappa shape index (κ1) is 7.83. The van der Waals surface area contributed by atoms with Crippen molar-refractivity contribution < 1.29 is 0 Å². The summed E-state index contributed by atoms with van der Waals surface area (Å²) in [5, 5.41) is 11.9. The van der Waals surface area contributed by atoms with Gasteiger partial charge in [-0.25, -0.2) is 0 Å². The van der Waals surface area contributed by atoms with E-state index in [4.69, 9.17) is 16.9 Å². The minimum Gasteiger partial charge on any atom is -0.386 e. The van der Waals surface area contributed by atoms with E-state index < -0.39 is 0 Å². The lowest BCUT2D eigenvalue weighted by atomic mass is 10.2. The summed E-state index contributed by atoms with van der Waals surface area (Å²) in [6.07, 6.45) is 2.96. The van der Waals surface area contributed by atoms with Crippen LogP contribution in [0.2, 0.25) is 5.02 Å². The minimum atomic E-state index is 0.458. The van der Waals surface area contributed by atoms with Crippen LogP contribution in [0.25, 0.3) is 0 Å². The molecule has 1 aromatic heterocycles. The zero-order valence-corrected chi connectivity index (χ0v) is 6.68. The van der Waals surface area contributed by atoms with Crippen LogP contribution in [0.4, 0.5) is 5.69 Å². The van der Waals surface area contributed by atoms with Crippen LogP contribution in [-0.4, -0.2) is 12.0 Å². The number of hydrogen-bond donors (Lipinski definition) is 1. The normalized spacial score (nSPS) is 8.82. The summed E-state index contributed by atoms with van der Waals surface area (Å²) >= 11 is 5.73. The molecular weight excluding hydrogens is 162 g/mol. The van der Waals surface area contributed by atoms with E-state index in [2.05, 4.69) is 10.3 Å². The standard InChI is InChI=1S/C7H6ClN3/c1-10-7-5(2-9)3-11-4-6(7)8/h3-4H,1H3,(H,10,11). The van der Waals surface area contributed by atoms with Crippen molar-refractivity contribution in [3.63, 3.8) is 0 Å². The van der Waals surface area contributed by atoms with Crippen LogP contribution in [0.15, 0.2) is 12.4 Å². The van der Waals surface area contributed by atoms with E-state index in [0.29, 0.717) is 16.3 Å². The molecule has 0 aromatic carbocycles. The van der Waals surface area contributed by atoms with Gasteiger partial charge < -0.3 is 5.32 Å². The molecule has 1 rings (SSSR count). The molecule has 0 radical (unpaired) electrons. The first-order chi connectivity index (χ1) is 5.29. The average molecular weight is 168 g/mol. The average Bonchev–Trinajstić information content (AvgIpc) is 2.04. The summed E-state index contributed by atoms with van der Waals surface area (Å²) in [5.41, 5.74) is 1.09. The van der Waals surface area contributed by atoms with E-state index >= 15 is 0 Å². The van der Waals surface area contributed by atoms with Crippen LogP contribution < -0.4 is 5.32 Å². The van der Waals surface area contributed by atoms with Crippen LogP contribution in [0.3, 0.4) is 0 Å². The van der Waals surface area contributed by atoms with Crippen molar-refractivity contribution in [1.29, 1.82) is 5.26 Å². The van der Waals surface area contributed by atoms with Crippen LogP contribution >= 0.6 is 11.6 Å². The molecule has 4 heteroatoms. The van der Waals surface area contributed by atoms with Gasteiger partial charge in [0.1, 0.15) is 6.07 Å². The molecule has 3 nitrogen and oxygen atoms in total. The molecule has 0 amide bonds. The van der Waals surface area contributed by atoms with Crippen molar-refractivity contribution in [2.75, 3.05) is 12.4 Å². The molecule has 0 bridgehead atoms. The molecule has 0 aliphatic carbocycles. The van der Waals surface area contributed by atoms with Gasteiger partial charge in [-0.3, -0.25) is 4.98 Å². The van der Waals surface area contributed by atoms with E-state index in [9.17, 15) is 0 Å². The maximum absolute atomic E-state index is 8.59. The Morgan fingerprint density at radius 2 is 2.36 bits per heavy atom. The predicted octanol–water partition coefficient (Wildman–Crippen LogP) is 1.65. The predicted molar refractivity (Wildman–Crippen MR) is 43.5 cm³/mol. The monoisotopic (exact) mass is 167 g/mol. The number of anilines is 1. The lowest BCUT2D eigenvalue weighted by Gasteiger charge is -2.02. The summed E-state index contributed by atoms with van der Waals surface area (Å²) in [4.78, 5) is 3.77. The molecule has 0 saturated carbocycles. The highest BCUT2D eigenvalue weighted by molar-refractivity contribution is 6.33. The lowest BCUT2D eigenvalue weighted by Crippen LogP contribution is -1.93. The first-order valence-electron chi connectivity index (χ1n) is 3.01. The summed E-state index contributed by atoms with van der Waals surface area (Å²) in [7, 11) is 1.71. The van der Waals surface area contributed by atoms with Crippen LogP contribution in [-0.2, 0) is 0 Å². The van der Waals surface area contributed by atoms with Gasteiger partial charge in [0.2, 0.25) is 0 Å². The molecule has 1 N–H and O–H groups in total. The van der Waals surface area contributed by atoms with Gasteiger partial charge in [0.05, 0.1) is 16.3 Å². The fraction of sp³-hybridized carbons (Fsp3) is 0.143. The second-order valence-electron chi connectivity index (χ2n) is 1.91. The Morgan fingerprint density at radius 3 is 2.82 bits per heavy atom. The van der Waals surface area contributed by atoms with E-state index in [1.165, 1.54) is 12.4 Å². The zero-order chi connectivity index (χ0) is 8.27. The van der Waals surface area contributed by atoms with Crippen molar-refractivity contribution in [3.8, 4) is 6.07 Å². The number of rotatable bonds is 1. The molecular formula is C7H6ClN3. The van der Waals surface area contributed by atoms with Crippen LogP contribution in [0.1, 0.15) is 5.56 Å². The molecule has 0 spiro atoms. The smallest absolute Gasteiger partial charge is 0.103 e. The Kier molecular flexibility index (Phi) is 2.29. The lowest BCUT2D eigenvalue weighted by molar-refractivity contribution is 1.29. The third-order valence-corrected chi connectivity index (χ3v) is 1.56. The van der Waals surface area contributed by atoms with Gasteiger partial charge in [-0.05, 0) is 0 Å². The number of nitriles is 1. The van der Waals surface area contributed by atoms with Crippen molar-refractivity contribution in [2.45, 2.75) is 0 Å². The molecule has 11 heavy (non-hydrogen) atoms. The number of pyridine rings is 1. The second-order valence-corrected chi connectivity index (χ2v) is 2.31. The highest BCUT2D eigenvalue weighted by atomic mass is 35.5.